The van der Waals surface area contributed by atoms with Crippen LogP contribution < -0.4 is 9.80 Å². The van der Waals surface area contributed by atoms with E-state index in [-0.39, 0.29) is 0 Å². The third-order valence-electron chi connectivity index (χ3n) is 12.1. The van der Waals surface area contributed by atoms with Crippen molar-refractivity contribution in [3.8, 4) is 44.5 Å². The van der Waals surface area contributed by atoms with Gasteiger partial charge in [-0.15, -0.1) is 0 Å². The molecule has 0 saturated heterocycles. The Balaban J connectivity index is 0.928. The molecule has 2 heteroatoms. The van der Waals surface area contributed by atoms with Gasteiger partial charge in [-0.2, -0.15) is 0 Å². The lowest BCUT2D eigenvalue weighted by atomic mass is 9.99. The van der Waals surface area contributed by atoms with Crippen LogP contribution in [0.5, 0.6) is 0 Å². The number of fused-ring (bicyclic) bond motifs is 2. The molecule has 0 aliphatic rings. The standard InChI is InChI=1S/C62H42N2/c1-3-13-45(14-4-1)48-25-34-56(35-26-48)63(58-38-31-51(32-39-58)54-22-11-21-53(43-54)46-15-5-2-6-16-46)57-36-27-49(28-37-57)50-29-40-59(41-30-50)64(60-42-33-47-17-7-8-19-55(47)44-60)62-24-12-20-52-18-9-10-23-61(52)62/h1-3,5-13,15-44H. The van der Waals surface area contributed by atoms with E-state index in [1.54, 1.807) is 0 Å². The van der Waals surface area contributed by atoms with E-state index in [1.807, 2.05) is 12.1 Å². The fourth-order valence-electron chi connectivity index (χ4n) is 8.82. The monoisotopic (exact) mass is 814 g/mol. The Labute approximate surface area is 375 Å². The maximum atomic E-state index is 3.25. The zero-order valence-electron chi connectivity index (χ0n) is 35.1. The van der Waals surface area contributed by atoms with Crippen LogP contribution in [0.3, 0.4) is 0 Å². The molecule has 0 aliphatic heterocycles. The van der Waals surface area contributed by atoms with Crippen molar-refractivity contribution in [2.45, 2.75) is 0 Å². The van der Waals surface area contributed by atoms with Gasteiger partial charge in [0.2, 0.25) is 0 Å². The zero-order valence-corrected chi connectivity index (χ0v) is 35.1. The fourth-order valence-corrected chi connectivity index (χ4v) is 8.82. The first kappa shape index (κ1) is 38.3. The van der Waals surface area contributed by atoms with Crippen LogP contribution >= 0.6 is 0 Å². The molecule has 0 spiro atoms. The molecule has 2 nitrogen and oxygen atoms in total. The van der Waals surface area contributed by atoms with E-state index in [2.05, 4.69) is 265 Å². The summed E-state index contributed by atoms with van der Waals surface area (Å²) in [5, 5.41) is 4.86. The van der Waals surface area contributed by atoms with Gasteiger partial charge in [0.25, 0.3) is 0 Å². The topological polar surface area (TPSA) is 6.48 Å². The summed E-state index contributed by atoms with van der Waals surface area (Å²) in [4.78, 5) is 4.71. The minimum absolute atomic E-state index is 1.02. The summed E-state index contributed by atoms with van der Waals surface area (Å²) in [7, 11) is 0. The summed E-state index contributed by atoms with van der Waals surface area (Å²) in [5.74, 6) is 0. The van der Waals surface area contributed by atoms with Crippen molar-refractivity contribution in [2.24, 2.45) is 0 Å². The van der Waals surface area contributed by atoms with Crippen LogP contribution in [0.1, 0.15) is 0 Å². The number of rotatable bonds is 10. The fraction of sp³-hybridized carbons (Fsp3) is 0. The van der Waals surface area contributed by atoms with Gasteiger partial charge in [-0.1, -0.05) is 182 Å². The van der Waals surface area contributed by atoms with Crippen molar-refractivity contribution in [1.29, 1.82) is 0 Å². The Morgan fingerprint density at radius 1 is 0.266 bits per heavy atom. The molecule has 0 aromatic heterocycles. The predicted molar refractivity (Wildman–Crippen MR) is 270 cm³/mol. The van der Waals surface area contributed by atoms with Gasteiger partial charge in [-0.05, 0) is 140 Å². The van der Waals surface area contributed by atoms with Crippen LogP contribution in [0.15, 0.2) is 255 Å². The molecule has 0 atom stereocenters. The molecular weight excluding hydrogens is 773 g/mol. The molecule has 11 aromatic rings. The summed E-state index contributed by atoms with van der Waals surface area (Å²) in [6.07, 6.45) is 0. The smallest absolute Gasteiger partial charge is 0.0540 e. The highest BCUT2D eigenvalue weighted by atomic mass is 15.1. The van der Waals surface area contributed by atoms with E-state index in [1.165, 1.54) is 43.8 Å². The van der Waals surface area contributed by atoms with Gasteiger partial charge < -0.3 is 9.80 Å². The quantitative estimate of drug-likeness (QED) is 0.136. The molecule has 0 unspecified atom stereocenters. The Hall–Kier alpha value is -8.64. The van der Waals surface area contributed by atoms with E-state index in [9.17, 15) is 0 Å². The second-order valence-electron chi connectivity index (χ2n) is 16.0. The van der Waals surface area contributed by atoms with Gasteiger partial charge in [0.05, 0.1) is 5.69 Å². The Morgan fingerprint density at radius 2 is 0.734 bits per heavy atom. The molecule has 0 amide bonds. The third-order valence-corrected chi connectivity index (χ3v) is 12.1. The summed E-state index contributed by atoms with van der Waals surface area (Å²) >= 11 is 0. The average Bonchev–Trinajstić information content (AvgIpc) is 3.38. The van der Waals surface area contributed by atoms with E-state index < -0.39 is 0 Å². The second-order valence-corrected chi connectivity index (χ2v) is 16.0. The van der Waals surface area contributed by atoms with E-state index >= 15 is 0 Å². The van der Waals surface area contributed by atoms with Gasteiger partial charge in [0.15, 0.2) is 0 Å². The molecule has 11 aromatic carbocycles. The number of nitrogens with zero attached hydrogens (tertiary/aromatic N) is 2. The molecular formula is C62H42N2. The maximum absolute atomic E-state index is 3.25. The molecule has 0 radical (unpaired) electrons. The third kappa shape index (κ3) is 7.64. The molecule has 0 heterocycles. The van der Waals surface area contributed by atoms with Crippen molar-refractivity contribution in [1.82, 2.24) is 0 Å². The van der Waals surface area contributed by atoms with Crippen LogP contribution in [0.25, 0.3) is 66.1 Å². The predicted octanol–water partition coefficient (Wildman–Crippen LogP) is 17.2. The number of anilines is 6. The first-order valence-corrected chi connectivity index (χ1v) is 21.7. The van der Waals surface area contributed by atoms with Crippen molar-refractivity contribution in [3.63, 3.8) is 0 Å². The highest BCUT2D eigenvalue weighted by Gasteiger charge is 2.17. The summed E-state index contributed by atoms with van der Waals surface area (Å²) in [5.41, 5.74) is 15.8. The highest BCUT2D eigenvalue weighted by molar-refractivity contribution is 6.00. The Kier molecular flexibility index (Phi) is 10.2. The lowest BCUT2D eigenvalue weighted by Gasteiger charge is -2.27. The average molecular weight is 815 g/mol. The summed E-state index contributed by atoms with van der Waals surface area (Å²) in [6, 6.07) is 97.6. The van der Waals surface area contributed by atoms with Crippen LogP contribution in [-0.4, -0.2) is 0 Å². The second kappa shape index (κ2) is 17.0. The SMILES string of the molecule is c1cccc(-c2ccc(N(c3ccc(-c4ccc(N(c5ccc6ccccc6c5)c5cccc6ccccc56)cc4)cc3)c3ccc(-c4cccc(-c5ccccc5)c4)cc3)cc2)c#1. The van der Waals surface area contributed by atoms with Gasteiger partial charge in [0, 0.05) is 39.4 Å². The van der Waals surface area contributed by atoms with Crippen molar-refractivity contribution in [3.05, 3.63) is 267 Å². The molecule has 0 bridgehead atoms. The maximum Gasteiger partial charge on any atom is 0.0540 e. The van der Waals surface area contributed by atoms with Crippen LogP contribution in [0, 0.1) is 12.1 Å². The lowest BCUT2D eigenvalue weighted by molar-refractivity contribution is 1.28. The van der Waals surface area contributed by atoms with Crippen LogP contribution in [0.2, 0.25) is 0 Å². The molecule has 11 rings (SSSR count). The Bertz CT molecular complexity index is 3330. The number of hydrogen-bond acceptors (Lipinski definition) is 2. The first-order valence-electron chi connectivity index (χ1n) is 21.7. The molecule has 300 valence electrons. The van der Waals surface area contributed by atoms with Gasteiger partial charge in [-0.3, -0.25) is 0 Å². The van der Waals surface area contributed by atoms with E-state index in [0.717, 1.165) is 56.4 Å². The van der Waals surface area contributed by atoms with Crippen LogP contribution in [0.4, 0.5) is 34.1 Å². The number of benzene rings is 10. The summed E-state index contributed by atoms with van der Waals surface area (Å²) in [6.45, 7) is 0. The minimum atomic E-state index is 1.02. The minimum Gasteiger partial charge on any atom is -0.311 e. The molecule has 0 aliphatic carbocycles. The highest BCUT2D eigenvalue weighted by Crippen LogP contribution is 2.42. The van der Waals surface area contributed by atoms with E-state index in [0.29, 0.717) is 0 Å². The molecule has 0 fully saturated rings. The normalized spacial score (nSPS) is 11.0. The molecule has 0 N–H and O–H groups in total. The molecule has 64 heavy (non-hydrogen) atoms. The van der Waals surface area contributed by atoms with Crippen molar-refractivity contribution >= 4 is 55.7 Å². The lowest BCUT2D eigenvalue weighted by Crippen LogP contribution is -2.10. The van der Waals surface area contributed by atoms with Gasteiger partial charge in [-0.25, -0.2) is 0 Å². The van der Waals surface area contributed by atoms with Crippen molar-refractivity contribution < 1.29 is 0 Å². The Morgan fingerprint density at radius 3 is 1.36 bits per heavy atom. The van der Waals surface area contributed by atoms with E-state index in [4.69, 9.17) is 0 Å². The zero-order chi connectivity index (χ0) is 42.7. The van der Waals surface area contributed by atoms with Gasteiger partial charge in [0.1, 0.15) is 0 Å². The summed E-state index contributed by atoms with van der Waals surface area (Å²) < 4.78 is 0. The largest absolute Gasteiger partial charge is 0.311 e. The van der Waals surface area contributed by atoms with Crippen molar-refractivity contribution in [2.75, 3.05) is 9.80 Å². The first-order chi connectivity index (χ1) is 31.7. The molecule has 0 saturated carbocycles. The van der Waals surface area contributed by atoms with Crippen LogP contribution in [-0.2, 0) is 0 Å². The number of hydrogen-bond donors (Lipinski definition) is 0. The van der Waals surface area contributed by atoms with Gasteiger partial charge >= 0.3 is 0 Å².